The molecule has 0 fully saturated rings. The molecule has 7 nitrogen and oxygen atoms in total. The van der Waals surface area contributed by atoms with Crippen LogP contribution in [0.5, 0.6) is 0 Å². The second-order valence-corrected chi connectivity index (χ2v) is 6.24. The third-order valence-electron chi connectivity index (χ3n) is 2.67. The molecular formula is C12H19N3O4S. The summed E-state index contributed by atoms with van der Waals surface area (Å²) in [6.07, 6.45) is 0.536. The number of amides is 1. The number of hydrogen-bond donors (Lipinski definition) is 4. The predicted octanol–water partition coefficient (Wildman–Crippen LogP) is -0.193. The van der Waals surface area contributed by atoms with E-state index >= 15 is 0 Å². The van der Waals surface area contributed by atoms with E-state index < -0.39 is 22.0 Å². The van der Waals surface area contributed by atoms with Crippen molar-refractivity contribution in [3.63, 3.8) is 0 Å². The van der Waals surface area contributed by atoms with Gasteiger partial charge in [-0.05, 0) is 38.0 Å². The molecule has 1 aromatic carbocycles. The van der Waals surface area contributed by atoms with E-state index in [4.69, 9.17) is 16.6 Å². The molecule has 0 aliphatic carbocycles. The van der Waals surface area contributed by atoms with E-state index in [-0.39, 0.29) is 22.7 Å². The Kier molecular flexibility index (Phi) is 5.49. The average molecular weight is 301 g/mol. The molecule has 0 saturated heterocycles. The molecule has 0 aliphatic heterocycles. The highest BCUT2D eigenvalue weighted by molar-refractivity contribution is 7.89. The summed E-state index contributed by atoms with van der Waals surface area (Å²) >= 11 is 0. The van der Waals surface area contributed by atoms with Crippen LogP contribution in [0, 0.1) is 0 Å². The molecule has 0 radical (unpaired) electrons. The van der Waals surface area contributed by atoms with E-state index in [2.05, 4.69) is 4.72 Å². The van der Waals surface area contributed by atoms with Crippen LogP contribution < -0.4 is 16.2 Å². The van der Waals surface area contributed by atoms with E-state index in [1.54, 1.807) is 6.92 Å². The van der Waals surface area contributed by atoms with Crippen LogP contribution in [-0.4, -0.2) is 32.1 Å². The van der Waals surface area contributed by atoms with Gasteiger partial charge in [-0.2, -0.15) is 0 Å². The van der Waals surface area contributed by atoms with Gasteiger partial charge in [0, 0.05) is 12.1 Å². The topological polar surface area (TPSA) is 136 Å². The van der Waals surface area contributed by atoms with Crippen LogP contribution >= 0.6 is 0 Å². The van der Waals surface area contributed by atoms with Gasteiger partial charge in [0.1, 0.15) is 4.90 Å². The molecule has 8 heteroatoms. The molecule has 20 heavy (non-hydrogen) atoms. The summed E-state index contributed by atoms with van der Waals surface area (Å²) in [5, 5.41) is 9.08. The van der Waals surface area contributed by atoms with Gasteiger partial charge in [0.2, 0.25) is 15.9 Å². The van der Waals surface area contributed by atoms with Crippen molar-refractivity contribution in [3.05, 3.63) is 23.8 Å². The number of benzene rings is 1. The maximum Gasteiger partial charge on any atom is 0.248 e. The molecule has 0 spiro atoms. The summed E-state index contributed by atoms with van der Waals surface area (Å²) in [5.74, 6) is -0.675. The van der Waals surface area contributed by atoms with Gasteiger partial charge in [-0.1, -0.05) is 0 Å². The van der Waals surface area contributed by atoms with Crippen LogP contribution in [0.3, 0.4) is 0 Å². The molecule has 112 valence electrons. The lowest BCUT2D eigenvalue weighted by Gasteiger charge is -2.10. The van der Waals surface area contributed by atoms with Gasteiger partial charge in [0.05, 0.1) is 11.8 Å². The van der Waals surface area contributed by atoms with Gasteiger partial charge in [0.15, 0.2) is 0 Å². The van der Waals surface area contributed by atoms with Crippen molar-refractivity contribution in [1.82, 2.24) is 4.72 Å². The van der Waals surface area contributed by atoms with Crippen LogP contribution in [0.4, 0.5) is 5.69 Å². The number of carbonyl (C=O) groups excluding carboxylic acids is 1. The fourth-order valence-electron chi connectivity index (χ4n) is 1.63. The molecule has 1 amide bonds. The van der Waals surface area contributed by atoms with Crippen LogP contribution in [-0.2, 0) is 10.0 Å². The van der Waals surface area contributed by atoms with Gasteiger partial charge in [-0.25, -0.2) is 13.1 Å². The molecule has 1 rings (SSSR count). The van der Waals surface area contributed by atoms with E-state index in [0.29, 0.717) is 12.8 Å². The first-order chi connectivity index (χ1) is 9.24. The van der Waals surface area contributed by atoms with Crippen LogP contribution in [0.1, 0.15) is 30.1 Å². The number of nitrogen functional groups attached to an aromatic ring is 1. The number of aliphatic hydroxyl groups excluding tert-OH is 1. The largest absolute Gasteiger partial charge is 0.398 e. The van der Waals surface area contributed by atoms with Crippen LogP contribution in [0.2, 0.25) is 0 Å². The first-order valence-corrected chi connectivity index (χ1v) is 7.59. The quantitative estimate of drug-likeness (QED) is 0.409. The van der Waals surface area contributed by atoms with Crippen molar-refractivity contribution >= 4 is 21.6 Å². The Bertz CT molecular complexity index is 584. The Morgan fingerprint density at radius 2 is 2.10 bits per heavy atom. The Hall–Kier alpha value is -1.64. The number of carbonyl (C=O) groups is 1. The highest BCUT2D eigenvalue weighted by Crippen LogP contribution is 2.19. The smallest absolute Gasteiger partial charge is 0.248 e. The number of hydrogen-bond acceptors (Lipinski definition) is 5. The minimum absolute atomic E-state index is 0.0377. The molecular weight excluding hydrogens is 282 g/mol. The number of aliphatic hydroxyl groups is 1. The zero-order chi connectivity index (χ0) is 15.3. The summed E-state index contributed by atoms with van der Waals surface area (Å²) in [5.41, 5.74) is 10.8. The summed E-state index contributed by atoms with van der Waals surface area (Å²) in [6, 6.07) is 3.78. The molecule has 0 aliphatic rings. The third kappa shape index (κ3) is 4.48. The number of nitrogens with one attached hydrogen (secondary N) is 1. The maximum atomic E-state index is 12.0. The molecule has 1 unspecified atom stereocenters. The van der Waals surface area contributed by atoms with Crippen molar-refractivity contribution in [2.24, 2.45) is 5.73 Å². The lowest BCUT2D eigenvalue weighted by atomic mass is 10.2. The molecule has 0 heterocycles. The second kappa shape index (κ2) is 6.69. The van der Waals surface area contributed by atoms with Crippen LogP contribution in [0.15, 0.2) is 23.1 Å². The molecule has 0 aromatic heterocycles. The predicted molar refractivity (Wildman–Crippen MR) is 75.5 cm³/mol. The fourth-order valence-corrected chi connectivity index (χ4v) is 2.81. The van der Waals surface area contributed by atoms with E-state index in [9.17, 15) is 13.2 Å². The summed E-state index contributed by atoms with van der Waals surface area (Å²) < 4.78 is 26.4. The monoisotopic (exact) mass is 301 g/mol. The third-order valence-corrected chi connectivity index (χ3v) is 4.21. The standard InChI is InChI=1S/C12H19N3O4S/c1-8(16)3-2-6-15-20(18,19)11-5-4-9(12(14)17)7-10(11)13/h4-5,7-8,15-16H,2-3,6,13H2,1H3,(H2,14,17). The van der Waals surface area contributed by atoms with Gasteiger partial charge in [-0.15, -0.1) is 0 Å². The first-order valence-electron chi connectivity index (χ1n) is 6.11. The Morgan fingerprint density at radius 1 is 1.45 bits per heavy atom. The van der Waals surface area contributed by atoms with Crippen molar-refractivity contribution in [2.75, 3.05) is 12.3 Å². The number of primary amides is 1. The van der Waals surface area contributed by atoms with Crippen molar-refractivity contribution in [2.45, 2.75) is 30.8 Å². The Balaban J connectivity index is 2.80. The zero-order valence-corrected chi connectivity index (χ0v) is 12.0. The van der Waals surface area contributed by atoms with Gasteiger partial charge >= 0.3 is 0 Å². The number of sulfonamides is 1. The average Bonchev–Trinajstić information content (AvgIpc) is 2.34. The van der Waals surface area contributed by atoms with Gasteiger partial charge < -0.3 is 16.6 Å². The lowest BCUT2D eigenvalue weighted by molar-refractivity contribution is 0.1000. The van der Waals surface area contributed by atoms with Gasteiger partial charge in [-0.3, -0.25) is 4.79 Å². The summed E-state index contributed by atoms with van der Waals surface area (Å²) in [4.78, 5) is 10.9. The van der Waals surface area contributed by atoms with E-state index in [1.165, 1.54) is 18.2 Å². The minimum atomic E-state index is -3.74. The molecule has 0 bridgehead atoms. The van der Waals surface area contributed by atoms with Crippen LogP contribution in [0.25, 0.3) is 0 Å². The maximum absolute atomic E-state index is 12.0. The number of rotatable bonds is 7. The summed E-state index contributed by atoms with van der Waals surface area (Å²) in [6.45, 7) is 1.83. The normalized spacial score (nSPS) is 13.1. The lowest BCUT2D eigenvalue weighted by Crippen LogP contribution is -2.26. The fraction of sp³-hybridized carbons (Fsp3) is 0.417. The molecule has 0 saturated carbocycles. The van der Waals surface area contributed by atoms with Gasteiger partial charge in [0.25, 0.3) is 0 Å². The van der Waals surface area contributed by atoms with Crippen molar-refractivity contribution in [1.29, 1.82) is 0 Å². The first kappa shape index (κ1) is 16.4. The number of anilines is 1. The molecule has 1 aromatic rings. The highest BCUT2D eigenvalue weighted by Gasteiger charge is 2.18. The van der Waals surface area contributed by atoms with E-state index in [1.807, 2.05) is 0 Å². The Labute approximate surface area is 118 Å². The van der Waals surface area contributed by atoms with E-state index in [0.717, 1.165) is 0 Å². The number of nitrogens with two attached hydrogens (primary N) is 2. The molecule has 6 N–H and O–H groups in total. The minimum Gasteiger partial charge on any atom is -0.398 e. The SMILES string of the molecule is CC(O)CCCNS(=O)(=O)c1ccc(C(N)=O)cc1N. The van der Waals surface area contributed by atoms with Crippen molar-refractivity contribution in [3.8, 4) is 0 Å². The Morgan fingerprint density at radius 3 is 2.60 bits per heavy atom. The van der Waals surface area contributed by atoms with Crippen molar-refractivity contribution < 1.29 is 18.3 Å². The molecule has 1 atom stereocenters. The zero-order valence-electron chi connectivity index (χ0n) is 11.2. The summed E-state index contributed by atoms with van der Waals surface area (Å²) in [7, 11) is -3.74. The highest BCUT2D eigenvalue weighted by atomic mass is 32.2. The second-order valence-electron chi connectivity index (χ2n) is 4.51.